The van der Waals surface area contributed by atoms with Crippen molar-refractivity contribution in [3.63, 3.8) is 0 Å². The summed E-state index contributed by atoms with van der Waals surface area (Å²) < 4.78 is 12.5. The zero-order valence-corrected chi connectivity index (χ0v) is 10.7. The number of rotatable bonds is 7. The van der Waals surface area contributed by atoms with Crippen LogP contribution in [0.2, 0.25) is 0 Å². The van der Waals surface area contributed by atoms with Crippen LogP contribution in [-0.4, -0.2) is 21.3 Å². The van der Waals surface area contributed by atoms with E-state index in [4.69, 9.17) is 9.15 Å². The number of hydrogen-bond acceptors (Lipinski definition) is 5. The van der Waals surface area contributed by atoms with Gasteiger partial charge < -0.3 is 14.5 Å². The van der Waals surface area contributed by atoms with Crippen LogP contribution in [0.5, 0.6) is 11.8 Å². The molecule has 98 valence electrons. The minimum absolute atomic E-state index is 0.249. The van der Waals surface area contributed by atoms with Gasteiger partial charge in [0.1, 0.15) is 6.26 Å². The average molecular weight is 250 g/mol. The van der Waals surface area contributed by atoms with Crippen molar-refractivity contribution in [1.82, 2.24) is 20.1 Å². The van der Waals surface area contributed by atoms with Gasteiger partial charge in [0.25, 0.3) is 0 Å². The molecule has 1 N–H and O–H groups in total. The first-order chi connectivity index (χ1) is 8.81. The van der Waals surface area contributed by atoms with E-state index in [-0.39, 0.29) is 6.08 Å². The van der Waals surface area contributed by atoms with E-state index in [1.165, 1.54) is 0 Å². The molecule has 0 fully saturated rings. The van der Waals surface area contributed by atoms with E-state index in [1.807, 2.05) is 17.8 Å². The van der Waals surface area contributed by atoms with Gasteiger partial charge in [-0.2, -0.15) is 10.1 Å². The molecular weight excluding hydrogens is 232 g/mol. The van der Waals surface area contributed by atoms with Crippen LogP contribution in [0.3, 0.4) is 0 Å². The highest BCUT2D eigenvalue weighted by atomic mass is 16.6. The zero-order chi connectivity index (χ0) is 12.8. The highest BCUT2D eigenvalue weighted by molar-refractivity contribution is 5.16. The summed E-state index contributed by atoms with van der Waals surface area (Å²) >= 11 is 0. The molecule has 2 heterocycles. The van der Waals surface area contributed by atoms with Crippen LogP contribution in [0, 0.1) is 0 Å². The fourth-order valence-corrected chi connectivity index (χ4v) is 1.52. The molecule has 0 aliphatic carbocycles. The topological polar surface area (TPSA) is 65.1 Å². The van der Waals surface area contributed by atoms with Crippen molar-refractivity contribution in [3.8, 4) is 11.8 Å². The Morgan fingerprint density at radius 1 is 1.44 bits per heavy atom. The number of nitrogens with zero attached hydrogens (tertiary/aromatic N) is 3. The Kier molecular flexibility index (Phi) is 4.35. The van der Waals surface area contributed by atoms with Crippen molar-refractivity contribution >= 4 is 0 Å². The molecule has 0 amide bonds. The van der Waals surface area contributed by atoms with Gasteiger partial charge in [0.05, 0.1) is 18.1 Å². The Morgan fingerprint density at radius 3 is 3.11 bits per heavy atom. The van der Waals surface area contributed by atoms with Crippen molar-refractivity contribution < 1.29 is 9.15 Å². The van der Waals surface area contributed by atoms with Gasteiger partial charge in [-0.05, 0) is 13.0 Å². The maximum atomic E-state index is 5.48. The third-order valence-corrected chi connectivity index (χ3v) is 2.35. The van der Waals surface area contributed by atoms with Gasteiger partial charge in [0.2, 0.25) is 0 Å². The lowest BCUT2D eigenvalue weighted by Crippen LogP contribution is -2.11. The molecule has 2 aromatic heterocycles. The van der Waals surface area contributed by atoms with Crippen molar-refractivity contribution in [2.75, 3.05) is 6.54 Å². The molecule has 0 saturated heterocycles. The van der Waals surface area contributed by atoms with E-state index in [1.54, 1.807) is 12.5 Å². The van der Waals surface area contributed by atoms with E-state index in [0.29, 0.717) is 12.3 Å². The minimum atomic E-state index is 0.249. The Labute approximate surface area is 106 Å². The normalized spacial score (nSPS) is 10.8. The highest BCUT2D eigenvalue weighted by Crippen LogP contribution is 2.19. The number of ether oxygens (including phenoxy) is 1. The number of hydrogen-bond donors (Lipinski definition) is 1. The largest absolute Gasteiger partial charge is 0.417 e. The summed E-state index contributed by atoms with van der Waals surface area (Å²) in [5.74, 6) is 0.639. The summed E-state index contributed by atoms with van der Waals surface area (Å²) in [4.78, 5) is 4.21. The van der Waals surface area contributed by atoms with E-state index in [9.17, 15) is 0 Å². The SMILES string of the molecule is CCCn1cc(Oc2nc(CNCC)co2)cn1. The predicted octanol–water partition coefficient (Wildman–Crippen LogP) is 2.18. The number of nitrogens with one attached hydrogen (secondary N) is 1. The van der Waals surface area contributed by atoms with Crippen molar-refractivity contribution in [1.29, 1.82) is 0 Å². The summed E-state index contributed by atoms with van der Waals surface area (Å²) in [5, 5.41) is 7.34. The van der Waals surface area contributed by atoms with Gasteiger partial charge in [0, 0.05) is 13.1 Å². The second-order valence-corrected chi connectivity index (χ2v) is 3.93. The van der Waals surface area contributed by atoms with Crippen molar-refractivity contribution in [3.05, 3.63) is 24.4 Å². The summed E-state index contributed by atoms with van der Waals surface area (Å²) in [5.41, 5.74) is 0.827. The first-order valence-corrected chi connectivity index (χ1v) is 6.17. The lowest BCUT2D eigenvalue weighted by Gasteiger charge is -1.96. The number of aromatic nitrogens is 3. The molecule has 0 bridgehead atoms. The van der Waals surface area contributed by atoms with Gasteiger partial charge in [-0.3, -0.25) is 4.68 Å². The number of oxazole rings is 1. The molecule has 0 saturated carbocycles. The Hall–Kier alpha value is -1.82. The molecule has 0 radical (unpaired) electrons. The lowest BCUT2D eigenvalue weighted by molar-refractivity contribution is 0.330. The molecular formula is C12H18N4O2. The van der Waals surface area contributed by atoms with E-state index < -0.39 is 0 Å². The van der Waals surface area contributed by atoms with Gasteiger partial charge in [-0.1, -0.05) is 13.8 Å². The second kappa shape index (κ2) is 6.20. The Morgan fingerprint density at radius 2 is 2.33 bits per heavy atom. The van der Waals surface area contributed by atoms with Gasteiger partial charge >= 0.3 is 6.08 Å². The molecule has 0 unspecified atom stereocenters. The third-order valence-electron chi connectivity index (χ3n) is 2.35. The lowest BCUT2D eigenvalue weighted by atomic mass is 10.5. The minimum Gasteiger partial charge on any atom is -0.417 e. The van der Waals surface area contributed by atoms with E-state index in [0.717, 1.165) is 25.2 Å². The van der Waals surface area contributed by atoms with E-state index in [2.05, 4.69) is 22.3 Å². The third kappa shape index (κ3) is 3.33. The molecule has 6 heteroatoms. The standard InChI is InChI=1S/C12H18N4O2/c1-3-5-16-8-11(7-14-16)18-12-15-10(9-17-12)6-13-4-2/h7-9,13H,3-6H2,1-2H3. The van der Waals surface area contributed by atoms with E-state index >= 15 is 0 Å². The summed E-state index contributed by atoms with van der Waals surface area (Å²) in [6.07, 6.45) is 6.36. The van der Waals surface area contributed by atoms with Crippen LogP contribution in [0.25, 0.3) is 0 Å². The van der Waals surface area contributed by atoms with Gasteiger partial charge in [-0.15, -0.1) is 0 Å². The summed E-state index contributed by atoms with van der Waals surface area (Å²) in [6, 6.07) is 0. The first kappa shape index (κ1) is 12.6. The fourth-order valence-electron chi connectivity index (χ4n) is 1.52. The van der Waals surface area contributed by atoms with Gasteiger partial charge in [0.15, 0.2) is 5.75 Å². The first-order valence-electron chi connectivity index (χ1n) is 6.17. The maximum absolute atomic E-state index is 5.48. The maximum Gasteiger partial charge on any atom is 0.399 e. The van der Waals surface area contributed by atoms with Crippen LogP contribution in [0.4, 0.5) is 0 Å². The highest BCUT2D eigenvalue weighted by Gasteiger charge is 2.07. The number of aryl methyl sites for hydroxylation is 1. The average Bonchev–Trinajstić information content (AvgIpc) is 2.98. The quantitative estimate of drug-likeness (QED) is 0.816. The monoisotopic (exact) mass is 250 g/mol. The molecule has 18 heavy (non-hydrogen) atoms. The Balaban J connectivity index is 1.93. The van der Waals surface area contributed by atoms with Crippen LogP contribution in [0.1, 0.15) is 26.0 Å². The molecule has 2 aromatic rings. The molecule has 0 aliphatic rings. The molecule has 0 aromatic carbocycles. The Bertz CT molecular complexity index is 478. The van der Waals surface area contributed by atoms with Crippen molar-refractivity contribution in [2.24, 2.45) is 0 Å². The molecule has 6 nitrogen and oxygen atoms in total. The summed E-state index contributed by atoms with van der Waals surface area (Å²) in [7, 11) is 0. The second-order valence-electron chi connectivity index (χ2n) is 3.93. The fraction of sp³-hybridized carbons (Fsp3) is 0.500. The molecule has 0 spiro atoms. The summed E-state index contributed by atoms with van der Waals surface area (Å²) in [6.45, 7) is 6.59. The molecule has 0 atom stereocenters. The molecule has 2 rings (SSSR count). The smallest absolute Gasteiger partial charge is 0.399 e. The zero-order valence-electron chi connectivity index (χ0n) is 10.7. The molecule has 0 aliphatic heterocycles. The van der Waals surface area contributed by atoms with Gasteiger partial charge in [-0.25, -0.2) is 0 Å². The van der Waals surface area contributed by atoms with Crippen LogP contribution in [0.15, 0.2) is 23.1 Å². The predicted molar refractivity (Wildman–Crippen MR) is 66.5 cm³/mol. The van der Waals surface area contributed by atoms with Crippen LogP contribution < -0.4 is 10.1 Å². The van der Waals surface area contributed by atoms with Crippen LogP contribution >= 0.6 is 0 Å². The van der Waals surface area contributed by atoms with Crippen LogP contribution in [-0.2, 0) is 13.1 Å². The van der Waals surface area contributed by atoms with Crippen molar-refractivity contribution in [2.45, 2.75) is 33.4 Å².